The van der Waals surface area contributed by atoms with Gasteiger partial charge in [-0.2, -0.15) is 0 Å². The molecule has 1 N–H and O–H groups in total. The monoisotopic (exact) mass is 406 g/mol. The van der Waals surface area contributed by atoms with E-state index in [2.05, 4.69) is 0 Å². The zero-order valence-electron chi connectivity index (χ0n) is 14.9. The van der Waals surface area contributed by atoms with E-state index in [1.54, 1.807) is 17.0 Å². The molecule has 2 fully saturated rings. The van der Waals surface area contributed by atoms with Crippen LogP contribution in [0.15, 0.2) is 41.0 Å². The molecular weight excluding hydrogens is 389 g/mol. The van der Waals surface area contributed by atoms with E-state index in [4.69, 9.17) is 16.0 Å². The Hall–Kier alpha value is -2.71. The topological polar surface area (TPSA) is 75.3 Å². The number of carbonyl (C=O) groups is 3. The van der Waals surface area contributed by atoms with Gasteiger partial charge in [0.15, 0.2) is 11.8 Å². The molecule has 0 aliphatic carbocycles. The summed E-state index contributed by atoms with van der Waals surface area (Å²) in [6.07, 6.45) is 1.53. The number of quaternary nitrogens is 1. The molecule has 2 aromatic rings. The van der Waals surface area contributed by atoms with Crippen molar-refractivity contribution < 1.29 is 28.1 Å². The quantitative estimate of drug-likeness (QED) is 0.763. The minimum absolute atomic E-state index is 0.0787. The first-order valence-corrected chi connectivity index (χ1v) is 9.32. The lowest BCUT2D eigenvalue weighted by Crippen LogP contribution is -3.19. The van der Waals surface area contributed by atoms with Gasteiger partial charge in [0.2, 0.25) is 5.91 Å². The third-order valence-corrected chi connectivity index (χ3v) is 5.52. The highest BCUT2D eigenvalue weighted by atomic mass is 35.5. The molecule has 1 atom stereocenters. The molecule has 2 saturated heterocycles. The molecule has 3 heterocycles. The van der Waals surface area contributed by atoms with Gasteiger partial charge in [0.05, 0.1) is 49.6 Å². The second kappa shape index (κ2) is 7.37. The molecule has 1 aromatic carbocycles. The number of nitrogens with one attached hydrogen (secondary N) is 1. The number of furan rings is 1. The Bertz CT molecular complexity index is 925. The summed E-state index contributed by atoms with van der Waals surface area (Å²) in [5, 5.41) is -0.140. The van der Waals surface area contributed by atoms with Crippen LogP contribution in [0.1, 0.15) is 17.0 Å². The summed E-state index contributed by atoms with van der Waals surface area (Å²) < 4.78 is 18.5. The molecule has 2 aliphatic heterocycles. The third-order valence-electron chi connectivity index (χ3n) is 5.23. The molecule has 2 aliphatic rings. The maximum Gasteiger partial charge on any atom is 0.292 e. The SMILES string of the molecule is O=C(c1ccco1)N1CC[NH+]([C@@H]2CC(=O)N(c3ccc(F)c(Cl)c3)C2=O)CC1. The molecule has 1 aromatic heterocycles. The van der Waals surface area contributed by atoms with Crippen molar-refractivity contribution >= 4 is 35.0 Å². The van der Waals surface area contributed by atoms with Crippen LogP contribution in [-0.4, -0.2) is 54.8 Å². The van der Waals surface area contributed by atoms with Gasteiger partial charge in [0, 0.05) is 0 Å². The van der Waals surface area contributed by atoms with Gasteiger partial charge >= 0.3 is 0 Å². The number of halogens is 2. The highest BCUT2D eigenvalue weighted by Crippen LogP contribution is 2.26. The van der Waals surface area contributed by atoms with Crippen LogP contribution < -0.4 is 9.80 Å². The average molecular weight is 407 g/mol. The third kappa shape index (κ3) is 3.29. The van der Waals surface area contributed by atoms with Gasteiger partial charge in [-0.3, -0.25) is 14.4 Å². The van der Waals surface area contributed by atoms with Gasteiger partial charge in [-0.15, -0.1) is 0 Å². The minimum atomic E-state index is -0.607. The first kappa shape index (κ1) is 18.6. The Morgan fingerprint density at radius 1 is 1.21 bits per heavy atom. The summed E-state index contributed by atoms with van der Waals surface area (Å²) in [5.74, 6) is -1.16. The molecule has 28 heavy (non-hydrogen) atoms. The van der Waals surface area contributed by atoms with E-state index in [0.717, 1.165) is 15.9 Å². The molecule has 146 valence electrons. The van der Waals surface area contributed by atoms with Gasteiger partial charge in [-0.25, -0.2) is 9.29 Å². The summed E-state index contributed by atoms with van der Waals surface area (Å²) in [4.78, 5) is 41.4. The maximum atomic E-state index is 13.4. The Morgan fingerprint density at radius 2 is 1.96 bits per heavy atom. The van der Waals surface area contributed by atoms with Crippen molar-refractivity contribution in [3.05, 3.63) is 53.2 Å². The van der Waals surface area contributed by atoms with E-state index >= 15 is 0 Å². The van der Waals surface area contributed by atoms with Crippen LogP contribution in [-0.2, 0) is 9.59 Å². The highest BCUT2D eigenvalue weighted by Gasteiger charge is 2.46. The number of hydrogen-bond donors (Lipinski definition) is 1. The van der Waals surface area contributed by atoms with Crippen molar-refractivity contribution in [3.8, 4) is 0 Å². The molecule has 9 heteroatoms. The number of amides is 3. The lowest BCUT2D eigenvalue weighted by Gasteiger charge is -2.34. The minimum Gasteiger partial charge on any atom is -0.459 e. The van der Waals surface area contributed by atoms with Crippen LogP contribution in [0.4, 0.5) is 10.1 Å². The van der Waals surface area contributed by atoms with Crippen molar-refractivity contribution in [2.24, 2.45) is 0 Å². The van der Waals surface area contributed by atoms with Gasteiger partial charge < -0.3 is 14.2 Å². The fourth-order valence-electron chi connectivity index (χ4n) is 3.75. The molecule has 0 radical (unpaired) electrons. The molecule has 0 bridgehead atoms. The number of anilines is 1. The Labute approximate surface area is 165 Å². The van der Waals surface area contributed by atoms with Gasteiger partial charge in [-0.1, -0.05) is 11.6 Å². The zero-order chi connectivity index (χ0) is 19.8. The second-order valence-electron chi connectivity index (χ2n) is 6.85. The van der Waals surface area contributed by atoms with Gasteiger partial charge in [0.1, 0.15) is 5.82 Å². The van der Waals surface area contributed by atoms with Crippen LogP contribution in [0, 0.1) is 5.82 Å². The highest BCUT2D eigenvalue weighted by molar-refractivity contribution is 6.31. The number of imide groups is 1. The molecular formula is C19H18ClFN3O4+. The lowest BCUT2D eigenvalue weighted by atomic mass is 10.1. The predicted molar refractivity (Wildman–Crippen MR) is 97.6 cm³/mol. The Kier molecular flexibility index (Phi) is 4.91. The van der Waals surface area contributed by atoms with Crippen molar-refractivity contribution in [2.45, 2.75) is 12.5 Å². The number of hydrogen-bond acceptors (Lipinski definition) is 4. The fourth-order valence-corrected chi connectivity index (χ4v) is 3.92. The lowest BCUT2D eigenvalue weighted by molar-refractivity contribution is -0.918. The van der Waals surface area contributed by atoms with E-state index in [1.165, 1.54) is 18.4 Å². The summed E-state index contributed by atoms with van der Waals surface area (Å²) >= 11 is 5.79. The first-order valence-electron chi connectivity index (χ1n) is 8.95. The van der Waals surface area contributed by atoms with E-state index in [0.29, 0.717) is 26.2 Å². The van der Waals surface area contributed by atoms with E-state index in [1.807, 2.05) is 0 Å². The largest absolute Gasteiger partial charge is 0.459 e. The Balaban J connectivity index is 1.43. The molecule has 0 spiro atoms. The van der Waals surface area contributed by atoms with Crippen LogP contribution in [0.3, 0.4) is 0 Å². The van der Waals surface area contributed by atoms with Crippen LogP contribution in [0.25, 0.3) is 0 Å². The van der Waals surface area contributed by atoms with Crippen LogP contribution in [0.2, 0.25) is 5.02 Å². The summed E-state index contributed by atoms with van der Waals surface area (Å²) in [5.41, 5.74) is 0.273. The van der Waals surface area contributed by atoms with Crippen molar-refractivity contribution in [2.75, 3.05) is 31.1 Å². The molecule has 3 amide bonds. The number of piperazine rings is 1. The van der Waals surface area contributed by atoms with Crippen molar-refractivity contribution in [3.63, 3.8) is 0 Å². The van der Waals surface area contributed by atoms with Gasteiger partial charge in [0.25, 0.3) is 11.8 Å². The zero-order valence-corrected chi connectivity index (χ0v) is 15.6. The number of rotatable bonds is 3. The molecule has 7 nitrogen and oxygen atoms in total. The number of nitrogens with zero attached hydrogens (tertiary/aromatic N) is 2. The fraction of sp³-hybridized carbons (Fsp3) is 0.316. The standard InChI is InChI=1S/C19H17ClFN3O4/c20-13-10-12(3-4-14(13)21)24-17(25)11-15(18(24)26)22-5-7-23(8-6-22)19(27)16-2-1-9-28-16/h1-4,9-10,15H,5-8,11H2/p+1/t15-/m1/s1. The molecule has 0 saturated carbocycles. The molecule has 0 unspecified atom stereocenters. The summed E-state index contributed by atoms with van der Waals surface area (Å²) in [6, 6.07) is 6.55. The summed E-state index contributed by atoms with van der Waals surface area (Å²) in [6.45, 7) is 2.03. The summed E-state index contributed by atoms with van der Waals surface area (Å²) in [7, 11) is 0. The van der Waals surface area contributed by atoms with E-state index in [-0.39, 0.29) is 40.6 Å². The second-order valence-corrected chi connectivity index (χ2v) is 7.26. The van der Waals surface area contributed by atoms with Crippen LogP contribution >= 0.6 is 11.6 Å². The predicted octanol–water partition coefficient (Wildman–Crippen LogP) is 0.745. The molecule has 4 rings (SSSR count). The smallest absolute Gasteiger partial charge is 0.292 e. The van der Waals surface area contributed by atoms with Crippen LogP contribution in [0.5, 0.6) is 0 Å². The van der Waals surface area contributed by atoms with Crippen molar-refractivity contribution in [1.82, 2.24) is 4.90 Å². The maximum absolute atomic E-state index is 13.4. The van der Waals surface area contributed by atoms with Gasteiger partial charge in [-0.05, 0) is 30.3 Å². The van der Waals surface area contributed by atoms with E-state index < -0.39 is 11.9 Å². The average Bonchev–Trinajstić information content (AvgIpc) is 3.32. The van der Waals surface area contributed by atoms with Crippen molar-refractivity contribution in [1.29, 1.82) is 0 Å². The normalized spacial score (nSPS) is 20.9. The number of benzene rings is 1. The number of carbonyl (C=O) groups excluding carboxylic acids is 3. The Morgan fingerprint density at radius 3 is 2.61 bits per heavy atom. The first-order chi connectivity index (χ1) is 13.5. The van der Waals surface area contributed by atoms with E-state index in [9.17, 15) is 18.8 Å².